The fraction of sp³-hybridized carbons (Fsp3) is 0.143. The number of nitrogen functional groups attached to an aromatic ring is 1. The average Bonchev–Trinajstić information content (AvgIpc) is 2.38. The summed E-state index contributed by atoms with van der Waals surface area (Å²) in [5.41, 5.74) is 7.09. The Morgan fingerprint density at radius 2 is 1.95 bits per heavy atom. The SMILES string of the molecule is Cc1ccc(NC(=O)Cn2cccc(N)c2=O)cc1. The summed E-state index contributed by atoms with van der Waals surface area (Å²) < 4.78 is 1.28. The number of nitrogens with two attached hydrogens (primary N) is 1. The second-order valence-corrected chi connectivity index (χ2v) is 4.31. The van der Waals surface area contributed by atoms with E-state index in [9.17, 15) is 9.59 Å². The normalized spacial score (nSPS) is 10.2. The molecule has 98 valence electrons. The topological polar surface area (TPSA) is 77.1 Å². The third-order valence-electron chi connectivity index (χ3n) is 2.70. The van der Waals surface area contributed by atoms with Crippen LogP contribution in [-0.2, 0) is 11.3 Å². The number of benzene rings is 1. The van der Waals surface area contributed by atoms with Crippen LogP contribution >= 0.6 is 0 Å². The van der Waals surface area contributed by atoms with Crippen molar-refractivity contribution in [3.63, 3.8) is 0 Å². The summed E-state index contributed by atoms with van der Waals surface area (Å²) >= 11 is 0. The third kappa shape index (κ3) is 3.22. The summed E-state index contributed by atoms with van der Waals surface area (Å²) in [5.74, 6) is -0.267. The van der Waals surface area contributed by atoms with Crippen molar-refractivity contribution in [3.05, 3.63) is 58.5 Å². The van der Waals surface area contributed by atoms with Gasteiger partial charge in [-0.1, -0.05) is 17.7 Å². The smallest absolute Gasteiger partial charge is 0.274 e. The molecule has 1 aromatic carbocycles. The highest BCUT2D eigenvalue weighted by Gasteiger charge is 2.06. The number of nitrogens with one attached hydrogen (secondary N) is 1. The number of hydrogen-bond acceptors (Lipinski definition) is 3. The Hall–Kier alpha value is -2.56. The molecule has 0 saturated carbocycles. The van der Waals surface area contributed by atoms with Gasteiger partial charge in [-0.25, -0.2) is 0 Å². The third-order valence-corrected chi connectivity index (χ3v) is 2.70. The highest BCUT2D eigenvalue weighted by Crippen LogP contribution is 2.08. The number of rotatable bonds is 3. The van der Waals surface area contributed by atoms with Crippen LogP contribution in [0.2, 0.25) is 0 Å². The molecular formula is C14H15N3O2. The zero-order chi connectivity index (χ0) is 13.8. The van der Waals surface area contributed by atoms with Crippen molar-refractivity contribution in [2.75, 3.05) is 11.1 Å². The first-order chi connectivity index (χ1) is 9.06. The Morgan fingerprint density at radius 3 is 2.63 bits per heavy atom. The summed E-state index contributed by atoms with van der Waals surface area (Å²) in [6, 6.07) is 10.6. The Morgan fingerprint density at radius 1 is 1.26 bits per heavy atom. The van der Waals surface area contributed by atoms with E-state index in [2.05, 4.69) is 5.32 Å². The minimum Gasteiger partial charge on any atom is -0.394 e. The first kappa shape index (κ1) is 12.9. The van der Waals surface area contributed by atoms with Gasteiger partial charge >= 0.3 is 0 Å². The van der Waals surface area contributed by atoms with Gasteiger partial charge in [0.05, 0.1) is 5.69 Å². The van der Waals surface area contributed by atoms with Crippen molar-refractivity contribution < 1.29 is 4.79 Å². The molecule has 0 saturated heterocycles. The predicted octanol–water partition coefficient (Wildman–Crippen LogP) is 1.38. The van der Waals surface area contributed by atoms with E-state index in [1.807, 2.05) is 31.2 Å². The molecule has 1 amide bonds. The maximum Gasteiger partial charge on any atom is 0.274 e. The van der Waals surface area contributed by atoms with Gasteiger partial charge in [-0.05, 0) is 31.2 Å². The van der Waals surface area contributed by atoms with E-state index >= 15 is 0 Å². The van der Waals surface area contributed by atoms with E-state index < -0.39 is 0 Å². The Balaban J connectivity index is 2.07. The van der Waals surface area contributed by atoms with Gasteiger partial charge in [0.1, 0.15) is 6.54 Å². The molecule has 2 rings (SSSR count). The highest BCUT2D eigenvalue weighted by atomic mass is 16.2. The fourth-order valence-corrected chi connectivity index (χ4v) is 1.67. The Labute approximate surface area is 110 Å². The van der Waals surface area contributed by atoms with Gasteiger partial charge in [-0.2, -0.15) is 0 Å². The molecule has 0 aliphatic carbocycles. The lowest BCUT2D eigenvalue weighted by Gasteiger charge is -2.08. The minimum absolute atomic E-state index is 0.0578. The van der Waals surface area contributed by atoms with Crippen molar-refractivity contribution in [3.8, 4) is 0 Å². The molecule has 0 atom stereocenters. The van der Waals surface area contributed by atoms with Crippen LogP contribution in [0, 0.1) is 6.92 Å². The van der Waals surface area contributed by atoms with Gasteiger partial charge < -0.3 is 15.6 Å². The van der Waals surface area contributed by atoms with Crippen LogP contribution < -0.4 is 16.6 Å². The molecule has 5 nitrogen and oxygen atoms in total. The molecule has 0 aliphatic heterocycles. The van der Waals surface area contributed by atoms with E-state index in [4.69, 9.17) is 5.73 Å². The number of aromatic nitrogens is 1. The molecule has 1 aromatic heterocycles. The molecule has 3 N–H and O–H groups in total. The van der Waals surface area contributed by atoms with Crippen LogP contribution in [0.15, 0.2) is 47.4 Å². The molecule has 19 heavy (non-hydrogen) atoms. The molecule has 0 spiro atoms. The van der Waals surface area contributed by atoms with Gasteiger partial charge in [0.15, 0.2) is 0 Å². The highest BCUT2D eigenvalue weighted by molar-refractivity contribution is 5.90. The van der Waals surface area contributed by atoms with Crippen LogP contribution in [0.25, 0.3) is 0 Å². The largest absolute Gasteiger partial charge is 0.394 e. The molecular weight excluding hydrogens is 242 g/mol. The maximum absolute atomic E-state index is 11.8. The zero-order valence-corrected chi connectivity index (χ0v) is 10.6. The van der Waals surface area contributed by atoms with Crippen LogP contribution in [0.1, 0.15) is 5.56 Å². The van der Waals surface area contributed by atoms with Crippen LogP contribution in [-0.4, -0.2) is 10.5 Å². The lowest BCUT2D eigenvalue weighted by atomic mass is 10.2. The second kappa shape index (κ2) is 5.39. The van der Waals surface area contributed by atoms with Crippen molar-refractivity contribution in [1.82, 2.24) is 4.57 Å². The van der Waals surface area contributed by atoms with Crippen LogP contribution in [0.3, 0.4) is 0 Å². The predicted molar refractivity (Wildman–Crippen MR) is 74.9 cm³/mol. The van der Waals surface area contributed by atoms with Gasteiger partial charge in [0.2, 0.25) is 5.91 Å². The van der Waals surface area contributed by atoms with E-state index in [0.29, 0.717) is 5.69 Å². The number of hydrogen-bond donors (Lipinski definition) is 2. The molecule has 0 aliphatic rings. The van der Waals surface area contributed by atoms with Crippen molar-refractivity contribution >= 4 is 17.3 Å². The van der Waals surface area contributed by atoms with Crippen molar-refractivity contribution in [2.24, 2.45) is 0 Å². The summed E-state index contributed by atoms with van der Waals surface area (Å²) in [7, 11) is 0. The second-order valence-electron chi connectivity index (χ2n) is 4.31. The summed E-state index contributed by atoms with van der Waals surface area (Å²) in [4.78, 5) is 23.5. The van der Waals surface area contributed by atoms with Crippen LogP contribution in [0.4, 0.5) is 11.4 Å². The lowest BCUT2D eigenvalue weighted by molar-refractivity contribution is -0.116. The van der Waals surface area contributed by atoms with Crippen molar-refractivity contribution in [2.45, 2.75) is 13.5 Å². The van der Waals surface area contributed by atoms with E-state index in [-0.39, 0.29) is 23.7 Å². The zero-order valence-electron chi connectivity index (χ0n) is 10.6. The monoisotopic (exact) mass is 257 g/mol. The molecule has 2 aromatic rings. The molecule has 0 bridgehead atoms. The quantitative estimate of drug-likeness (QED) is 0.872. The summed E-state index contributed by atoms with van der Waals surface area (Å²) in [6.07, 6.45) is 1.54. The standard InChI is InChI=1S/C14H15N3O2/c1-10-4-6-11(7-5-10)16-13(18)9-17-8-2-3-12(15)14(17)19/h2-8H,9,15H2,1H3,(H,16,18). The number of nitrogens with zero attached hydrogens (tertiary/aromatic N) is 1. The molecule has 5 heteroatoms. The minimum atomic E-state index is -0.360. The lowest BCUT2D eigenvalue weighted by Crippen LogP contribution is -2.28. The van der Waals surface area contributed by atoms with Crippen LogP contribution in [0.5, 0.6) is 0 Å². The summed E-state index contributed by atoms with van der Waals surface area (Å²) in [5, 5.41) is 2.72. The van der Waals surface area contributed by atoms with E-state index in [0.717, 1.165) is 5.56 Å². The Bertz CT molecular complexity index is 644. The number of anilines is 2. The molecule has 0 fully saturated rings. The Kier molecular flexibility index (Phi) is 3.66. The van der Waals surface area contributed by atoms with Gasteiger partial charge in [-0.15, -0.1) is 0 Å². The molecule has 1 heterocycles. The number of pyridine rings is 1. The molecule has 0 radical (unpaired) electrons. The van der Waals surface area contributed by atoms with E-state index in [1.165, 1.54) is 16.8 Å². The van der Waals surface area contributed by atoms with Crippen molar-refractivity contribution in [1.29, 1.82) is 0 Å². The molecule has 0 unspecified atom stereocenters. The number of carbonyl (C=O) groups excluding carboxylic acids is 1. The maximum atomic E-state index is 11.8. The van der Waals surface area contributed by atoms with Gasteiger partial charge in [0.25, 0.3) is 5.56 Å². The average molecular weight is 257 g/mol. The van der Waals surface area contributed by atoms with Gasteiger partial charge in [0, 0.05) is 11.9 Å². The number of amides is 1. The van der Waals surface area contributed by atoms with Gasteiger partial charge in [-0.3, -0.25) is 9.59 Å². The number of carbonyl (C=O) groups is 1. The number of aryl methyl sites for hydroxylation is 1. The first-order valence-corrected chi connectivity index (χ1v) is 5.88. The summed E-state index contributed by atoms with van der Waals surface area (Å²) in [6.45, 7) is 1.91. The fourth-order valence-electron chi connectivity index (χ4n) is 1.67. The van der Waals surface area contributed by atoms with E-state index in [1.54, 1.807) is 6.07 Å². The first-order valence-electron chi connectivity index (χ1n) is 5.88.